The Labute approximate surface area is 89.8 Å². The number of carbonyl (C=O) groups is 2. The summed E-state index contributed by atoms with van der Waals surface area (Å²) in [5, 5.41) is 11.2. The van der Waals surface area contributed by atoms with E-state index >= 15 is 0 Å². The van der Waals surface area contributed by atoms with E-state index in [-0.39, 0.29) is 18.5 Å². The summed E-state index contributed by atoms with van der Waals surface area (Å²) in [6.07, 6.45) is 2.69. The van der Waals surface area contributed by atoms with Crippen LogP contribution in [0.4, 0.5) is 0 Å². The van der Waals surface area contributed by atoms with Crippen LogP contribution in [0.25, 0.3) is 0 Å². The van der Waals surface area contributed by atoms with Gasteiger partial charge in [0, 0.05) is 26.0 Å². The van der Waals surface area contributed by atoms with Gasteiger partial charge in [-0.05, 0) is 19.3 Å². The molecule has 0 fully saturated rings. The number of nitrogens with one attached hydrogen (secondary N) is 1. The summed E-state index contributed by atoms with van der Waals surface area (Å²) in [6, 6.07) is 0. The molecule has 5 nitrogen and oxygen atoms in total. The molecule has 0 bridgehead atoms. The molecule has 0 atom stereocenters. The molecule has 0 unspecified atom stereocenters. The van der Waals surface area contributed by atoms with Crippen LogP contribution in [0.3, 0.4) is 0 Å². The maximum absolute atomic E-state index is 11.1. The molecule has 0 aromatic heterocycles. The van der Waals surface area contributed by atoms with Crippen molar-refractivity contribution in [3.8, 4) is 0 Å². The highest BCUT2D eigenvalue weighted by molar-refractivity contribution is 5.75. The topological polar surface area (TPSA) is 75.6 Å². The summed E-state index contributed by atoms with van der Waals surface area (Å²) in [5.74, 6) is -0.294. The summed E-state index contributed by atoms with van der Waals surface area (Å²) in [5.41, 5.74) is 0. The number of hydrogen-bond acceptors (Lipinski definition) is 4. The highest BCUT2D eigenvalue weighted by atomic mass is 16.5. The minimum atomic E-state index is -0.260. The fraction of sp³-hybridized carbons (Fsp3) is 0.800. The molecule has 0 radical (unpaired) electrons. The number of aliphatic hydroxyl groups is 1. The predicted octanol–water partition coefficient (Wildman–Crippen LogP) is 0.218. The Morgan fingerprint density at radius 1 is 1.20 bits per heavy atom. The zero-order chi connectivity index (χ0) is 11.5. The maximum atomic E-state index is 11.1. The number of ether oxygens (including phenoxy) is 1. The van der Waals surface area contributed by atoms with Crippen LogP contribution in [-0.2, 0) is 14.3 Å². The molecule has 5 heteroatoms. The van der Waals surface area contributed by atoms with E-state index < -0.39 is 0 Å². The first-order valence-corrected chi connectivity index (χ1v) is 5.15. The standard InChI is InChI=1S/C10H19NO4/c1-15-10(14)6-4-7-11-9(13)5-2-3-8-12/h12H,2-8H2,1H3,(H,11,13). The second-order valence-corrected chi connectivity index (χ2v) is 3.21. The highest BCUT2D eigenvalue weighted by Crippen LogP contribution is 1.94. The third kappa shape index (κ3) is 9.21. The number of rotatable bonds is 8. The van der Waals surface area contributed by atoms with Gasteiger partial charge < -0.3 is 15.2 Å². The van der Waals surface area contributed by atoms with Crippen LogP contribution in [0, 0.1) is 0 Å². The molecule has 0 aromatic rings. The van der Waals surface area contributed by atoms with Crippen LogP contribution in [0.1, 0.15) is 32.1 Å². The number of carbonyl (C=O) groups excluding carboxylic acids is 2. The Morgan fingerprint density at radius 3 is 2.53 bits per heavy atom. The van der Waals surface area contributed by atoms with Crippen LogP contribution in [0.5, 0.6) is 0 Å². The lowest BCUT2D eigenvalue weighted by atomic mass is 10.2. The van der Waals surface area contributed by atoms with Crippen molar-refractivity contribution in [3.63, 3.8) is 0 Å². The van der Waals surface area contributed by atoms with Gasteiger partial charge in [0.2, 0.25) is 5.91 Å². The van der Waals surface area contributed by atoms with Crippen molar-refractivity contribution in [1.29, 1.82) is 0 Å². The maximum Gasteiger partial charge on any atom is 0.305 e. The van der Waals surface area contributed by atoms with Gasteiger partial charge in [-0.1, -0.05) is 0 Å². The smallest absolute Gasteiger partial charge is 0.305 e. The van der Waals surface area contributed by atoms with Crippen LogP contribution in [0.2, 0.25) is 0 Å². The van der Waals surface area contributed by atoms with E-state index in [2.05, 4.69) is 10.1 Å². The first-order valence-electron chi connectivity index (χ1n) is 5.15. The Kier molecular flexibility index (Phi) is 8.76. The average Bonchev–Trinajstić information content (AvgIpc) is 2.24. The van der Waals surface area contributed by atoms with E-state index in [0.717, 1.165) is 0 Å². The molecule has 0 aromatic carbocycles. The molecule has 2 N–H and O–H groups in total. The van der Waals surface area contributed by atoms with Gasteiger partial charge in [-0.25, -0.2) is 0 Å². The van der Waals surface area contributed by atoms with E-state index in [1.165, 1.54) is 7.11 Å². The van der Waals surface area contributed by atoms with E-state index in [4.69, 9.17) is 5.11 Å². The third-order valence-corrected chi connectivity index (χ3v) is 1.92. The van der Waals surface area contributed by atoms with Crippen molar-refractivity contribution in [1.82, 2.24) is 5.32 Å². The Hall–Kier alpha value is -1.10. The Bertz CT molecular complexity index is 194. The summed E-state index contributed by atoms with van der Waals surface area (Å²) in [6.45, 7) is 0.614. The number of hydrogen-bond donors (Lipinski definition) is 2. The van der Waals surface area contributed by atoms with Crippen LogP contribution < -0.4 is 5.32 Å². The van der Waals surface area contributed by atoms with Gasteiger partial charge in [0.25, 0.3) is 0 Å². The molecule has 0 aliphatic carbocycles. The molecule has 0 aliphatic heterocycles. The van der Waals surface area contributed by atoms with Crippen LogP contribution in [0.15, 0.2) is 0 Å². The molecule has 0 spiro atoms. The number of esters is 1. The van der Waals surface area contributed by atoms with Crippen molar-refractivity contribution in [2.45, 2.75) is 32.1 Å². The Balaban J connectivity index is 3.27. The molecule has 0 saturated heterocycles. The van der Waals surface area contributed by atoms with Gasteiger partial charge in [0.05, 0.1) is 7.11 Å². The summed E-state index contributed by atoms with van der Waals surface area (Å²) >= 11 is 0. The molecule has 0 rings (SSSR count). The molecule has 1 amide bonds. The van der Waals surface area contributed by atoms with E-state index in [1.54, 1.807) is 0 Å². The second-order valence-electron chi connectivity index (χ2n) is 3.21. The molecule has 88 valence electrons. The van der Waals surface area contributed by atoms with Crippen LogP contribution in [-0.4, -0.2) is 37.2 Å². The second kappa shape index (κ2) is 9.45. The minimum Gasteiger partial charge on any atom is -0.469 e. The molecular formula is C10H19NO4. The number of amides is 1. The van der Waals surface area contributed by atoms with Crippen molar-refractivity contribution in [2.24, 2.45) is 0 Å². The zero-order valence-corrected chi connectivity index (χ0v) is 9.12. The summed E-state index contributed by atoms with van der Waals surface area (Å²) in [7, 11) is 1.34. The lowest BCUT2D eigenvalue weighted by molar-refractivity contribution is -0.140. The van der Waals surface area contributed by atoms with Gasteiger partial charge >= 0.3 is 5.97 Å². The Morgan fingerprint density at radius 2 is 1.93 bits per heavy atom. The molecule has 0 heterocycles. The zero-order valence-electron chi connectivity index (χ0n) is 9.12. The van der Waals surface area contributed by atoms with Crippen molar-refractivity contribution in [2.75, 3.05) is 20.3 Å². The number of methoxy groups -OCH3 is 1. The normalized spacial score (nSPS) is 9.73. The van der Waals surface area contributed by atoms with Gasteiger partial charge in [0.1, 0.15) is 0 Å². The SMILES string of the molecule is COC(=O)CCCNC(=O)CCCCO. The highest BCUT2D eigenvalue weighted by Gasteiger charge is 2.02. The van der Waals surface area contributed by atoms with E-state index in [9.17, 15) is 9.59 Å². The first kappa shape index (κ1) is 13.9. The lowest BCUT2D eigenvalue weighted by Gasteiger charge is -2.03. The molecule has 0 aliphatic rings. The van der Waals surface area contributed by atoms with E-state index in [1.807, 2.05) is 0 Å². The lowest BCUT2D eigenvalue weighted by Crippen LogP contribution is -2.24. The van der Waals surface area contributed by atoms with Gasteiger partial charge in [-0.3, -0.25) is 9.59 Å². The fourth-order valence-electron chi connectivity index (χ4n) is 1.05. The fourth-order valence-corrected chi connectivity index (χ4v) is 1.05. The summed E-state index contributed by atoms with van der Waals surface area (Å²) < 4.78 is 4.46. The third-order valence-electron chi connectivity index (χ3n) is 1.92. The predicted molar refractivity (Wildman–Crippen MR) is 55.2 cm³/mol. The van der Waals surface area contributed by atoms with E-state index in [0.29, 0.717) is 38.6 Å². The molecule has 0 saturated carbocycles. The molecular weight excluding hydrogens is 198 g/mol. The van der Waals surface area contributed by atoms with Crippen molar-refractivity contribution >= 4 is 11.9 Å². The largest absolute Gasteiger partial charge is 0.469 e. The number of unbranched alkanes of at least 4 members (excludes halogenated alkanes) is 1. The summed E-state index contributed by atoms with van der Waals surface area (Å²) in [4.78, 5) is 21.8. The minimum absolute atomic E-state index is 0.0340. The monoisotopic (exact) mass is 217 g/mol. The van der Waals surface area contributed by atoms with Crippen molar-refractivity contribution < 1.29 is 19.4 Å². The quantitative estimate of drug-likeness (QED) is 0.450. The average molecular weight is 217 g/mol. The number of aliphatic hydroxyl groups excluding tert-OH is 1. The van der Waals surface area contributed by atoms with Crippen molar-refractivity contribution in [3.05, 3.63) is 0 Å². The van der Waals surface area contributed by atoms with Crippen LogP contribution >= 0.6 is 0 Å². The molecule has 15 heavy (non-hydrogen) atoms. The van der Waals surface area contributed by atoms with Gasteiger partial charge in [-0.2, -0.15) is 0 Å². The first-order chi connectivity index (χ1) is 7.20. The van der Waals surface area contributed by atoms with Gasteiger partial charge in [-0.15, -0.1) is 0 Å². The van der Waals surface area contributed by atoms with Gasteiger partial charge in [0.15, 0.2) is 0 Å².